The summed E-state index contributed by atoms with van der Waals surface area (Å²) in [5.74, 6) is -0.646. The Balaban J connectivity index is 4.73. The molecule has 0 amide bonds. The SMILES string of the molecule is CC(OC(=O)C(C)(C)CO)C(CO)(CO)CO. The number of rotatable bonds is 7. The van der Waals surface area contributed by atoms with Gasteiger partial charge in [0.05, 0.1) is 37.3 Å². The van der Waals surface area contributed by atoms with E-state index in [2.05, 4.69) is 0 Å². The van der Waals surface area contributed by atoms with Crippen molar-refractivity contribution >= 4 is 5.97 Å². The van der Waals surface area contributed by atoms with Crippen LogP contribution >= 0.6 is 0 Å². The van der Waals surface area contributed by atoms with Gasteiger partial charge in [0.15, 0.2) is 0 Å². The number of aliphatic hydroxyl groups excluding tert-OH is 4. The zero-order valence-electron chi connectivity index (χ0n) is 10.5. The smallest absolute Gasteiger partial charge is 0.314 e. The van der Waals surface area contributed by atoms with Crippen molar-refractivity contribution in [1.82, 2.24) is 0 Å². The van der Waals surface area contributed by atoms with Gasteiger partial charge in [-0.3, -0.25) is 4.79 Å². The van der Waals surface area contributed by atoms with Gasteiger partial charge in [0.1, 0.15) is 6.10 Å². The van der Waals surface area contributed by atoms with Gasteiger partial charge in [0, 0.05) is 0 Å². The molecule has 0 spiro atoms. The fourth-order valence-corrected chi connectivity index (χ4v) is 1.05. The summed E-state index contributed by atoms with van der Waals surface area (Å²) < 4.78 is 5.07. The molecule has 0 saturated heterocycles. The molecule has 0 aliphatic rings. The highest BCUT2D eigenvalue weighted by molar-refractivity contribution is 5.76. The molecular formula is C11H22O6. The minimum Gasteiger partial charge on any atom is -0.461 e. The van der Waals surface area contributed by atoms with Gasteiger partial charge in [-0.15, -0.1) is 0 Å². The highest BCUT2D eigenvalue weighted by Gasteiger charge is 2.40. The van der Waals surface area contributed by atoms with Crippen molar-refractivity contribution < 1.29 is 30.0 Å². The Morgan fingerprint density at radius 2 is 1.47 bits per heavy atom. The van der Waals surface area contributed by atoms with Crippen molar-refractivity contribution in [2.24, 2.45) is 10.8 Å². The Labute approximate surface area is 101 Å². The van der Waals surface area contributed by atoms with Crippen molar-refractivity contribution in [2.45, 2.75) is 26.9 Å². The molecule has 6 heteroatoms. The van der Waals surface area contributed by atoms with Crippen LogP contribution in [0.3, 0.4) is 0 Å². The average Bonchev–Trinajstić information content (AvgIpc) is 2.32. The first kappa shape index (κ1) is 16.3. The molecule has 0 rings (SSSR count). The van der Waals surface area contributed by atoms with Crippen LogP contribution in [0.1, 0.15) is 20.8 Å². The van der Waals surface area contributed by atoms with Gasteiger partial charge in [0.2, 0.25) is 0 Å². The Morgan fingerprint density at radius 1 is 1.06 bits per heavy atom. The molecule has 1 unspecified atom stereocenters. The average molecular weight is 250 g/mol. The van der Waals surface area contributed by atoms with Crippen LogP contribution in [0.2, 0.25) is 0 Å². The first-order valence-electron chi connectivity index (χ1n) is 5.44. The molecule has 0 aliphatic carbocycles. The van der Waals surface area contributed by atoms with Crippen molar-refractivity contribution in [2.75, 3.05) is 26.4 Å². The molecular weight excluding hydrogens is 228 g/mol. The molecule has 0 aromatic heterocycles. The largest absolute Gasteiger partial charge is 0.461 e. The molecule has 0 aliphatic heterocycles. The molecule has 4 N–H and O–H groups in total. The van der Waals surface area contributed by atoms with Crippen LogP contribution in [0.15, 0.2) is 0 Å². The second kappa shape index (κ2) is 6.30. The van der Waals surface area contributed by atoms with Gasteiger partial charge in [0.25, 0.3) is 0 Å². The van der Waals surface area contributed by atoms with E-state index < -0.39 is 42.7 Å². The number of aliphatic hydroxyl groups is 4. The fraction of sp³-hybridized carbons (Fsp3) is 0.909. The predicted molar refractivity (Wildman–Crippen MR) is 60.1 cm³/mol. The van der Waals surface area contributed by atoms with Crippen molar-refractivity contribution in [3.05, 3.63) is 0 Å². The maximum atomic E-state index is 11.7. The topological polar surface area (TPSA) is 107 Å². The Morgan fingerprint density at radius 3 is 1.76 bits per heavy atom. The van der Waals surface area contributed by atoms with Gasteiger partial charge in [-0.25, -0.2) is 0 Å². The molecule has 0 fully saturated rings. The number of hydrogen-bond acceptors (Lipinski definition) is 6. The molecule has 0 radical (unpaired) electrons. The first-order chi connectivity index (χ1) is 7.79. The van der Waals surface area contributed by atoms with Crippen molar-refractivity contribution in [1.29, 1.82) is 0 Å². The maximum absolute atomic E-state index is 11.7. The highest BCUT2D eigenvalue weighted by atomic mass is 16.5. The zero-order chi connectivity index (χ0) is 13.7. The Kier molecular flexibility index (Phi) is 6.04. The van der Waals surface area contributed by atoms with E-state index >= 15 is 0 Å². The first-order valence-corrected chi connectivity index (χ1v) is 5.44. The van der Waals surface area contributed by atoms with Crippen LogP contribution in [0, 0.1) is 10.8 Å². The van der Waals surface area contributed by atoms with Gasteiger partial charge in [-0.05, 0) is 20.8 Å². The third-order valence-electron chi connectivity index (χ3n) is 3.04. The predicted octanol–water partition coefficient (Wildman–Crippen LogP) is -1.10. The lowest BCUT2D eigenvalue weighted by molar-refractivity contribution is -0.174. The van der Waals surface area contributed by atoms with Crippen LogP contribution < -0.4 is 0 Å². The summed E-state index contributed by atoms with van der Waals surface area (Å²) in [6.07, 6.45) is -0.860. The van der Waals surface area contributed by atoms with E-state index in [9.17, 15) is 4.79 Å². The summed E-state index contributed by atoms with van der Waals surface area (Å²) in [4.78, 5) is 11.7. The quantitative estimate of drug-likeness (QED) is 0.427. The normalized spacial score (nSPS) is 14.5. The van der Waals surface area contributed by atoms with Crippen LogP contribution in [0.25, 0.3) is 0 Å². The van der Waals surface area contributed by atoms with Crippen molar-refractivity contribution in [3.63, 3.8) is 0 Å². The van der Waals surface area contributed by atoms with Crippen LogP contribution in [0.5, 0.6) is 0 Å². The van der Waals surface area contributed by atoms with Crippen molar-refractivity contribution in [3.8, 4) is 0 Å². The standard InChI is InChI=1S/C11H22O6/c1-8(11(5-13,6-14)7-15)17-9(16)10(2,3)4-12/h8,12-15H,4-7H2,1-3H3. The minimum absolute atomic E-state index is 0.372. The van der Waals surface area contributed by atoms with Gasteiger partial charge in [-0.2, -0.15) is 0 Å². The maximum Gasteiger partial charge on any atom is 0.314 e. The minimum atomic E-state index is -1.28. The summed E-state index contributed by atoms with van der Waals surface area (Å²) in [5.41, 5.74) is -2.33. The van der Waals surface area contributed by atoms with E-state index in [0.717, 1.165) is 0 Å². The zero-order valence-corrected chi connectivity index (χ0v) is 10.5. The van der Waals surface area contributed by atoms with Gasteiger partial charge in [-0.1, -0.05) is 0 Å². The molecule has 17 heavy (non-hydrogen) atoms. The van der Waals surface area contributed by atoms with Gasteiger partial charge < -0.3 is 25.2 Å². The second-order valence-corrected chi connectivity index (χ2v) is 4.93. The molecule has 0 bridgehead atoms. The molecule has 1 atom stereocenters. The molecule has 0 aromatic rings. The summed E-state index contributed by atoms with van der Waals surface area (Å²) in [5, 5.41) is 36.5. The van der Waals surface area contributed by atoms with E-state index in [-0.39, 0.29) is 6.61 Å². The second-order valence-electron chi connectivity index (χ2n) is 4.93. The van der Waals surface area contributed by atoms with Gasteiger partial charge >= 0.3 is 5.97 Å². The van der Waals surface area contributed by atoms with Crippen LogP contribution in [0.4, 0.5) is 0 Å². The summed E-state index contributed by atoms with van der Waals surface area (Å²) in [6, 6.07) is 0. The van der Waals surface area contributed by atoms with E-state index in [1.807, 2.05) is 0 Å². The number of carbonyl (C=O) groups is 1. The van der Waals surface area contributed by atoms with E-state index in [4.69, 9.17) is 25.2 Å². The molecule has 6 nitrogen and oxygen atoms in total. The van der Waals surface area contributed by atoms with E-state index in [0.29, 0.717) is 0 Å². The summed E-state index contributed by atoms with van der Waals surface area (Å²) in [6.45, 7) is 2.62. The Bertz CT molecular complexity index is 238. The lowest BCUT2D eigenvalue weighted by atomic mass is 9.85. The highest BCUT2D eigenvalue weighted by Crippen LogP contribution is 2.26. The lowest BCUT2D eigenvalue weighted by Crippen LogP contribution is -2.47. The molecule has 102 valence electrons. The molecule has 0 aromatic carbocycles. The number of hydrogen-bond donors (Lipinski definition) is 4. The monoisotopic (exact) mass is 250 g/mol. The lowest BCUT2D eigenvalue weighted by Gasteiger charge is -2.35. The third-order valence-corrected chi connectivity index (χ3v) is 3.04. The Hall–Kier alpha value is -0.690. The third kappa shape index (κ3) is 3.64. The fourth-order valence-electron chi connectivity index (χ4n) is 1.05. The van der Waals surface area contributed by atoms with E-state index in [1.165, 1.54) is 20.8 Å². The number of carbonyl (C=O) groups excluding carboxylic acids is 1. The number of ether oxygens (including phenoxy) is 1. The van der Waals surface area contributed by atoms with Crippen LogP contribution in [-0.2, 0) is 9.53 Å². The molecule has 0 heterocycles. The summed E-state index contributed by atoms with van der Waals surface area (Å²) >= 11 is 0. The summed E-state index contributed by atoms with van der Waals surface area (Å²) in [7, 11) is 0. The molecule has 0 saturated carbocycles. The number of esters is 1. The van der Waals surface area contributed by atoms with Crippen LogP contribution in [-0.4, -0.2) is 58.9 Å². The van der Waals surface area contributed by atoms with E-state index in [1.54, 1.807) is 0 Å².